The molecule has 5 aliphatic rings. The smallest absolute Gasteiger partial charge is 0.187 e. The molecule has 264 valence electrons. The Morgan fingerprint density at radius 1 is 0.455 bits per heavy atom. The van der Waals surface area contributed by atoms with Gasteiger partial charge in [-0.15, -0.1) is 0 Å². The summed E-state index contributed by atoms with van der Waals surface area (Å²) in [5.41, 5.74) is 11.9. The van der Waals surface area contributed by atoms with Crippen molar-refractivity contribution >= 4 is 5.69 Å². The lowest BCUT2D eigenvalue weighted by atomic mass is 9.48. The van der Waals surface area contributed by atoms with Gasteiger partial charge in [-0.1, -0.05) is 146 Å². The summed E-state index contributed by atoms with van der Waals surface area (Å²) in [4.78, 5) is 19.2. The highest BCUT2D eigenvalue weighted by Crippen LogP contribution is 2.63. The lowest BCUT2D eigenvalue weighted by Crippen LogP contribution is -2.48. The van der Waals surface area contributed by atoms with Crippen LogP contribution in [0.3, 0.4) is 0 Å². The van der Waals surface area contributed by atoms with Crippen LogP contribution in [0.25, 0.3) is 50.1 Å². The van der Waals surface area contributed by atoms with Crippen molar-refractivity contribution in [3.63, 3.8) is 0 Å². The Morgan fingerprint density at radius 3 is 1.55 bits per heavy atom. The van der Waals surface area contributed by atoms with E-state index in [0.717, 1.165) is 40.0 Å². The Bertz CT molecular complexity index is 2550. The summed E-state index contributed by atoms with van der Waals surface area (Å²) in [5.74, 6) is 4.50. The Balaban J connectivity index is 1.17. The summed E-state index contributed by atoms with van der Waals surface area (Å²) in [7, 11) is 0. The van der Waals surface area contributed by atoms with Gasteiger partial charge in [0.05, 0.1) is 12.0 Å². The minimum atomic E-state index is -0.654. The van der Waals surface area contributed by atoms with Crippen molar-refractivity contribution in [1.29, 1.82) is 0 Å². The van der Waals surface area contributed by atoms with E-state index >= 15 is 0 Å². The largest absolute Gasteiger partial charge is 0.238 e. The molecule has 4 heteroatoms. The van der Waals surface area contributed by atoms with Crippen LogP contribution in [0, 0.1) is 24.3 Å². The van der Waals surface area contributed by atoms with Crippen molar-refractivity contribution in [2.75, 3.05) is 0 Å². The molecule has 4 saturated carbocycles. The molecule has 4 nitrogen and oxygen atoms in total. The van der Waals surface area contributed by atoms with E-state index in [4.69, 9.17) is 21.5 Å². The first kappa shape index (κ1) is 32.3. The molecule has 7 aromatic rings. The van der Waals surface area contributed by atoms with Crippen molar-refractivity contribution in [2.45, 2.75) is 49.4 Å². The number of fused-ring (bicyclic) bond motifs is 3. The molecule has 0 N–H and O–H groups in total. The lowest BCUT2D eigenvalue weighted by molar-refractivity contribution is -0.00522. The highest BCUT2D eigenvalue weighted by atomic mass is 15.0. The number of benzene rings is 6. The van der Waals surface area contributed by atoms with Crippen LogP contribution in [0.5, 0.6) is 0 Å². The van der Waals surface area contributed by atoms with Gasteiger partial charge in [-0.05, 0) is 107 Å². The van der Waals surface area contributed by atoms with Crippen LogP contribution >= 0.6 is 0 Å². The first-order chi connectivity index (χ1) is 27.1. The third-order valence-electron chi connectivity index (χ3n) is 13.4. The molecule has 1 heterocycles. The third kappa shape index (κ3) is 5.06. The lowest BCUT2D eigenvalue weighted by Gasteiger charge is -2.57. The van der Waals surface area contributed by atoms with Gasteiger partial charge >= 0.3 is 0 Å². The van der Waals surface area contributed by atoms with E-state index in [-0.39, 0.29) is 5.41 Å². The predicted molar refractivity (Wildman–Crippen MR) is 220 cm³/mol. The molecule has 4 fully saturated rings. The molecule has 0 amide bonds. The van der Waals surface area contributed by atoms with E-state index in [9.17, 15) is 0 Å². The second kappa shape index (κ2) is 12.4. The van der Waals surface area contributed by atoms with Gasteiger partial charge in [0.25, 0.3) is 0 Å². The van der Waals surface area contributed by atoms with E-state index in [1.807, 2.05) is 42.5 Å². The summed E-state index contributed by atoms with van der Waals surface area (Å²) in [6.07, 6.45) is 8.20. The summed E-state index contributed by atoms with van der Waals surface area (Å²) in [6.45, 7) is 8.07. The molecule has 12 rings (SSSR count). The van der Waals surface area contributed by atoms with Crippen LogP contribution in [0.15, 0.2) is 152 Å². The van der Waals surface area contributed by atoms with Crippen LogP contribution in [0.4, 0.5) is 5.69 Å². The zero-order valence-corrected chi connectivity index (χ0v) is 30.7. The fraction of sp³-hybridized carbons (Fsp3) is 0.216. The number of hydrogen-bond donors (Lipinski definition) is 0. The maximum atomic E-state index is 8.07. The van der Waals surface area contributed by atoms with E-state index in [0.29, 0.717) is 23.2 Å². The number of hydrogen-bond acceptors (Lipinski definition) is 3. The van der Waals surface area contributed by atoms with Crippen LogP contribution in [0.1, 0.15) is 66.3 Å². The SMILES string of the molecule is [C-]#[N+]c1cccc(C2(c3ccccc3)c3cc(-c4nc(-c5ccccc5)nc(-c5ccccc5)n4)ccc3-c3ccc(C45CC6CC(CC(C6)C4)C5)cc32)c1. The first-order valence-electron chi connectivity index (χ1n) is 19.8. The van der Waals surface area contributed by atoms with Gasteiger partial charge < -0.3 is 0 Å². The normalized spacial score (nSPS) is 24.2. The molecule has 4 bridgehead atoms. The van der Waals surface area contributed by atoms with Gasteiger partial charge in [0.1, 0.15) is 0 Å². The standard InChI is InChI=1S/C51H40N4/c1-52-42-19-11-18-41(28-42)51(39-16-9-4-10-17-39)45-27-38(49-54-47(36-12-5-2-6-13-36)53-48(55-49)37-14-7-3-8-15-37)20-22-43(45)44-23-21-40(29-46(44)51)50-30-33-24-34(31-50)26-35(25-33)32-50/h2-23,27-29,33-35H,24-26,30-32H2. The third-order valence-corrected chi connectivity index (χ3v) is 13.4. The molecular weight excluding hydrogens is 669 g/mol. The van der Waals surface area contributed by atoms with E-state index in [1.165, 1.54) is 71.9 Å². The predicted octanol–water partition coefficient (Wildman–Crippen LogP) is 12.3. The zero-order chi connectivity index (χ0) is 36.6. The average Bonchev–Trinajstić information content (AvgIpc) is 3.54. The van der Waals surface area contributed by atoms with Crippen LogP contribution in [-0.4, -0.2) is 15.0 Å². The molecule has 0 spiro atoms. The molecule has 0 saturated heterocycles. The van der Waals surface area contributed by atoms with Gasteiger partial charge in [-0.3, -0.25) is 0 Å². The Morgan fingerprint density at radius 2 is 0.964 bits per heavy atom. The van der Waals surface area contributed by atoms with Gasteiger partial charge in [0, 0.05) is 16.7 Å². The van der Waals surface area contributed by atoms with Crippen LogP contribution in [-0.2, 0) is 10.8 Å². The monoisotopic (exact) mass is 708 g/mol. The average molecular weight is 709 g/mol. The molecule has 0 radical (unpaired) electrons. The fourth-order valence-electron chi connectivity index (χ4n) is 11.5. The summed E-state index contributed by atoms with van der Waals surface area (Å²) < 4.78 is 0. The van der Waals surface area contributed by atoms with E-state index in [2.05, 4.69) is 114 Å². The van der Waals surface area contributed by atoms with Crippen molar-refractivity contribution in [1.82, 2.24) is 15.0 Å². The summed E-state index contributed by atoms with van der Waals surface area (Å²) in [6, 6.07) is 54.0. The molecule has 0 aliphatic heterocycles. The van der Waals surface area contributed by atoms with Gasteiger partial charge in [-0.25, -0.2) is 19.8 Å². The van der Waals surface area contributed by atoms with Gasteiger partial charge in [-0.2, -0.15) is 0 Å². The number of nitrogens with zero attached hydrogens (tertiary/aromatic N) is 4. The summed E-state index contributed by atoms with van der Waals surface area (Å²) in [5, 5.41) is 0. The highest BCUT2D eigenvalue weighted by Gasteiger charge is 2.53. The second-order valence-corrected chi connectivity index (χ2v) is 16.5. The van der Waals surface area contributed by atoms with E-state index < -0.39 is 5.41 Å². The molecule has 1 unspecified atom stereocenters. The molecule has 6 aromatic carbocycles. The molecule has 1 aromatic heterocycles. The van der Waals surface area contributed by atoms with E-state index in [1.54, 1.807) is 0 Å². The Kier molecular flexibility index (Phi) is 7.29. The number of aromatic nitrogens is 3. The van der Waals surface area contributed by atoms with Crippen molar-refractivity contribution in [2.24, 2.45) is 17.8 Å². The molecule has 1 atom stereocenters. The second-order valence-electron chi connectivity index (χ2n) is 16.5. The molecular formula is C51H40N4. The van der Waals surface area contributed by atoms with Gasteiger partial charge in [0.15, 0.2) is 23.2 Å². The van der Waals surface area contributed by atoms with Crippen LogP contribution < -0.4 is 0 Å². The summed E-state index contributed by atoms with van der Waals surface area (Å²) >= 11 is 0. The van der Waals surface area contributed by atoms with Crippen molar-refractivity contribution in [3.8, 4) is 45.3 Å². The maximum Gasteiger partial charge on any atom is 0.187 e. The van der Waals surface area contributed by atoms with Crippen molar-refractivity contribution in [3.05, 3.63) is 191 Å². The minimum Gasteiger partial charge on any atom is -0.238 e. The first-order valence-corrected chi connectivity index (χ1v) is 19.8. The fourth-order valence-corrected chi connectivity index (χ4v) is 11.5. The zero-order valence-electron chi connectivity index (χ0n) is 30.7. The Hall–Kier alpha value is -6.18. The maximum absolute atomic E-state index is 8.07. The number of rotatable bonds is 6. The Labute approximate surface area is 322 Å². The van der Waals surface area contributed by atoms with Gasteiger partial charge in [0.2, 0.25) is 0 Å². The quantitative estimate of drug-likeness (QED) is 0.162. The minimum absolute atomic E-state index is 0.247. The van der Waals surface area contributed by atoms with Crippen molar-refractivity contribution < 1.29 is 0 Å². The topological polar surface area (TPSA) is 43.0 Å². The molecule has 5 aliphatic carbocycles. The highest BCUT2D eigenvalue weighted by molar-refractivity contribution is 5.89. The molecule has 55 heavy (non-hydrogen) atoms. The van der Waals surface area contributed by atoms with Crippen LogP contribution in [0.2, 0.25) is 0 Å².